The molecule has 158 valence electrons. The molecule has 1 aromatic carbocycles. The summed E-state index contributed by atoms with van der Waals surface area (Å²) in [5.74, 6) is 0. The molecule has 0 radical (unpaired) electrons. The van der Waals surface area contributed by atoms with Gasteiger partial charge in [-0.15, -0.1) is 12.4 Å². The van der Waals surface area contributed by atoms with Crippen molar-refractivity contribution in [2.45, 2.75) is 65.7 Å². The lowest BCUT2D eigenvalue weighted by molar-refractivity contribution is 0.147. The second-order valence-corrected chi connectivity index (χ2v) is 6.85. The third kappa shape index (κ3) is 12.9. The predicted octanol–water partition coefficient (Wildman–Crippen LogP) is 6.00. The van der Waals surface area contributed by atoms with Crippen LogP contribution in [0.3, 0.4) is 0 Å². The maximum Gasteiger partial charge on any atom is 0.116 e. The van der Waals surface area contributed by atoms with E-state index in [4.69, 9.17) is 4.74 Å². The van der Waals surface area contributed by atoms with Crippen LogP contribution in [0.25, 0.3) is 0 Å². The molecule has 0 amide bonds. The third-order valence-electron chi connectivity index (χ3n) is 4.82. The van der Waals surface area contributed by atoms with Crippen molar-refractivity contribution in [3.63, 3.8) is 0 Å². The number of anilines is 2. The second-order valence-electron chi connectivity index (χ2n) is 6.85. The van der Waals surface area contributed by atoms with Crippen LogP contribution in [-0.2, 0) is 4.74 Å². The Kier molecular flexibility index (Phi) is 17.7. The number of hydrogen-bond acceptors (Lipinski definition) is 4. The molecule has 4 nitrogen and oxygen atoms in total. The molecule has 1 rings (SSSR count). The molecule has 0 aliphatic rings. The van der Waals surface area contributed by atoms with Crippen LogP contribution in [0.4, 0.5) is 11.4 Å². The zero-order valence-corrected chi connectivity index (χ0v) is 18.6. The van der Waals surface area contributed by atoms with E-state index in [0.717, 1.165) is 50.6 Å². The smallest absolute Gasteiger partial charge is 0.116 e. The maximum atomic E-state index is 5.75. The lowest BCUT2D eigenvalue weighted by Gasteiger charge is -2.19. The van der Waals surface area contributed by atoms with Gasteiger partial charge in [-0.25, -0.2) is 0 Å². The molecule has 27 heavy (non-hydrogen) atoms. The molecular formula is C22H42ClN3O. The topological polar surface area (TPSA) is 36.5 Å². The fourth-order valence-electron chi connectivity index (χ4n) is 3.04. The van der Waals surface area contributed by atoms with E-state index in [2.05, 4.69) is 60.6 Å². The minimum Gasteiger partial charge on any atom is -0.382 e. The Labute approximate surface area is 173 Å². The van der Waals surface area contributed by atoms with Crippen molar-refractivity contribution in [2.75, 3.05) is 50.2 Å². The van der Waals surface area contributed by atoms with Gasteiger partial charge in [-0.05, 0) is 31.6 Å². The van der Waals surface area contributed by atoms with E-state index in [-0.39, 0.29) is 12.4 Å². The van der Waals surface area contributed by atoms with E-state index in [0.29, 0.717) is 6.73 Å². The Morgan fingerprint density at radius 1 is 0.815 bits per heavy atom. The number of ether oxygens (including phenoxy) is 1. The number of para-hydroxylation sites is 2. The predicted molar refractivity (Wildman–Crippen MR) is 122 cm³/mol. The van der Waals surface area contributed by atoms with Gasteiger partial charge in [-0.3, -0.25) is 0 Å². The zero-order chi connectivity index (χ0) is 18.9. The van der Waals surface area contributed by atoms with Gasteiger partial charge >= 0.3 is 0 Å². The highest BCUT2D eigenvalue weighted by Crippen LogP contribution is 2.20. The first-order valence-corrected chi connectivity index (χ1v) is 10.7. The molecule has 0 fully saturated rings. The number of nitrogens with one attached hydrogen (secondary N) is 2. The SMILES string of the molecule is CCCCCCCCCOCNc1ccccc1NCCN(CC)CC.Cl. The highest BCUT2D eigenvalue weighted by molar-refractivity contribution is 5.85. The minimum atomic E-state index is 0. The van der Waals surface area contributed by atoms with Gasteiger partial charge in [0.25, 0.3) is 0 Å². The number of likely N-dealkylation sites (N-methyl/N-ethyl adjacent to an activating group) is 1. The van der Waals surface area contributed by atoms with Crippen LogP contribution in [0.1, 0.15) is 65.7 Å². The number of unbranched alkanes of at least 4 members (excludes halogenated alkanes) is 6. The van der Waals surface area contributed by atoms with E-state index in [9.17, 15) is 0 Å². The van der Waals surface area contributed by atoms with Crippen molar-refractivity contribution in [1.82, 2.24) is 4.90 Å². The summed E-state index contributed by atoms with van der Waals surface area (Å²) in [5, 5.41) is 6.94. The van der Waals surface area contributed by atoms with E-state index in [1.807, 2.05) is 0 Å². The number of benzene rings is 1. The summed E-state index contributed by atoms with van der Waals surface area (Å²) in [7, 11) is 0. The Morgan fingerprint density at radius 2 is 1.41 bits per heavy atom. The van der Waals surface area contributed by atoms with Crippen LogP contribution >= 0.6 is 12.4 Å². The summed E-state index contributed by atoms with van der Waals surface area (Å²) in [6.07, 6.45) is 9.25. The molecule has 0 aliphatic carbocycles. The van der Waals surface area contributed by atoms with Crippen molar-refractivity contribution in [2.24, 2.45) is 0 Å². The summed E-state index contributed by atoms with van der Waals surface area (Å²) in [6, 6.07) is 8.37. The molecule has 0 bridgehead atoms. The molecular weight excluding hydrogens is 358 g/mol. The molecule has 0 aromatic heterocycles. The molecule has 5 heteroatoms. The number of hydrogen-bond donors (Lipinski definition) is 2. The Hall–Kier alpha value is -0.970. The van der Waals surface area contributed by atoms with E-state index < -0.39 is 0 Å². The van der Waals surface area contributed by atoms with Crippen LogP contribution in [0.15, 0.2) is 24.3 Å². The van der Waals surface area contributed by atoms with Crippen molar-refractivity contribution >= 4 is 23.8 Å². The van der Waals surface area contributed by atoms with Crippen LogP contribution in [0.5, 0.6) is 0 Å². The van der Waals surface area contributed by atoms with E-state index in [1.165, 1.54) is 38.5 Å². The van der Waals surface area contributed by atoms with Gasteiger partial charge in [0.05, 0.1) is 11.4 Å². The Balaban J connectivity index is 0.00000676. The van der Waals surface area contributed by atoms with Crippen molar-refractivity contribution in [3.8, 4) is 0 Å². The molecule has 0 aliphatic heterocycles. The standard InChI is InChI=1S/C22H41N3O.ClH/c1-4-7-8-9-10-11-14-19-26-20-24-22-16-13-12-15-21(22)23-17-18-25(5-2)6-3;/h12-13,15-16,23-24H,4-11,14,17-20H2,1-3H3;1H. The van der Waals surface area contributed by atoms with Gasteiger partial charge in [0, 0.05) is 19.7 Å². The monoisotopic (exact) mass is 399 g/mol. The first-order valence-electron chi connectivity index (χ1n) is 10.7. The van der Waals surface area contributed by atoms with E-state index >= 15 is 0 Å². The fourth-order valence-corrected chi connectivity index (χ4v) is 3.04. The lowest BCUT2D eigenvalue weighted by atomic mass is 10.1. The van der Waals surface area contributed by atoms with Gasteiger partial charge < -0.3 is 20.3 Å². The first-order chi connectivity index (χ1) is 12.8. The average Bonchev–Trinajstić information content (AvgIpc) is 2.67. The Bertz CT molecular complexity index is 441. The van der Waals surface area contributed by atoms with Crippen LogP contribution in [0, 0.1) is 0 Å². The normalized spacial score (nSPS) is 10.7. The van der Waals surface area contributed by atoms with Gasteiger partial charge in [0.1, 0.15) is 6.73 Å². The highest BCUT2D eigenvalue weighted by Gasteiger charge is 2.02. The lowest BCUT2D eigenvalue weighted by Crippen LogP contribution is -2.28. The molecule has 0 atom stereocenters. The molecule has 2 N–H and O–H groups in total. The summed E-state index contributed by atoms with van der Waals surface area (Å²) >= 11 is 0. The first kappa shape index (κ1) is 26.0. The summed E-state index contributed by atoms with van der Waals surface area (Å²) < 4.78 is 5.75. The molecule has 0 unspecified atom stereocenters. The summed E-state index contributed by atoms with van der Waals surface area (Å²) in [4.78, 5) is 2.43. The van der Waals surface area contributed by atoms with Crippen molar-refractivity contribution in [1.29, 1.82) is 0 Å². The summed E-state index contributed by atoms with van der Waals surface area (Å²) in [6.45, 7) is 12.3. The van der Waals surface area contributed by atoms with Crippen molar-refractivity contribution < 1.29 is 4.74 Å². The minimum absolute atomic E-state index is 0. The maximum absolute atomic E-state index is 5.75. The fraction of sp³-hybridized carbons (Fsp3) is 0.727. The molecule has 0 saturated heterocycles. The molecule has 0 heterocycles. The molecule has 1 aromatic rings. The summed E-state index contributed by atoms with van der Waals surface area (Å²) in [5.41, 5.74) is 2.27. The Morgan fingerprint density at radius 3 is 2.04 bits per heavy atom. The molecule has 0 saturated carbocycles. The van der Waals surface area contributed by atoms with Crippen LogP contribution in [0.2, 0.25) is 0 Å². The van der Waals surface area contributed by atoms with E-state index in [1.54, 1.807) is 0 Å². The van der Waals surface area contributed by atoms with Gasteiger partial charge in [-0.2, -0.15) is 0 Å². The largest absolute Gasteiger partial charge is 0.382 e. The number of halogens is 1. The van der Waals surface area contributed by atoms with Gasteiger partial charge in [-0.1, -0.05) is 71.4 Å². The van der Waals surface area contributed by atoms with Crippen LogP contribution in [-0.4, -0.2) is 44.4 Å². The highest BCUT2D eigenvalue weighted by atomic mass is 35.5. The number of nitrogens with zero attached hydrogens (tertiary/aromatic N) is 1. The van der Waals surface area contributed by atoms with Crippen LogP contribution < -0.4 is 10.6 Å². The molecule has 0 spiro atoms. The van der Waals surface area contributed by atoms with Gasteiger partial charge in [0.15, 0.2) is 0 Å². The zero-order valence-electron chi connectivity index (χ0n) is 17.8. The third-order valence-corrected chi connectivity index (χ3v) is 4.82. The quantitative estimate of drug-likeness (QED) is 0.249. The van der Waals surface area contributed by atoms with Crippen molar-refractivity contribution in [3.05, 3.63) is 24.3 Å². The van der Waals surface area contributed by atoms with Gasteiger partial charge in [0.2, 0.25) is 0 Å². The number of rotatable bonds is 17. The average molecular weight is 400 g/mol. The second kappa shape index (κ2) is 18.4.